The van der Waals surface area contributed by atoms with E-state index < -0.39 is 6.43 Å². The summed E-state index contributed by atoms with van der Waals surface area (Å²) in [6.07, 6.45) is 1.17. The molecule has 7 heteroatoms. The summed E-state index contributed by atoms with van der Waals surface area (Å²) in [6, 6.07) is 8.23. The summed E-state index contributed by atoms with van der Waals surface area (Å²) in [5.74, 6) is 0.0890. The summed E-state index contributed by atoms with van der Waals surface area (Å²) in [5, 5.41) is 2.94. The first-order valence-electron chi connectivity index (χ1n) is 9.52. The molecule has 4 nitrogen and oxygen atoms in total. The second-order valence-corrected chi connectivity index (χ2v) is 8.05. The van der Waals surface area contributed by atoms with Crippen molar-refractivity contribution >= 4 is 17.5 Å². The van der Waals surface area contributed by atoms with Crippen LogP contribution in [0.1, 0.15) is 72.7 Å². The van der Waals surface area contributed by atoms with Gasteiger partial charge in [0.05, 0.1) is 0 Å². The number of aromatic nitrogens is 1. The zero-order chi connectivity index (χ0) is 19.8. The summed E-state index contributed by atoms with van der Waals surface area (Å²) >= 11 is 6.08. The SMILES string of the molecule is O=C1CC[C@H](CC(c2ccc(C(F)F)c(Cl)c2)c2ccc(C3CC3)c(=O)[nH]2)N1. The standard InChI is InChI=1S/C21H21ClF2N2O2/c22-17-9-12(3-5-15(17)20(23)24)16(10-13-4-8-19(27)25-13)18-7-6-14(11-1-2-11)21(28)26-18/h3,5-7,9,11,13,16,20H,1-2,4,8,10H2,(H,25,27)(H,26,28)/t13-,16?/m1/s1. The number of halogens is 3. The van der Waals surface area contributed by atoms with Gasteiger partial charge < -0.3 is 10.3 Å². The number of rotatable bonds is 6. The van der Waals surface area contributed by atoms with Crippen molar-refractivity contribution in [3.63, 3.8) is 0 Å². The zero-order valence-electron chi connectivity index (χ0n) is 15.2. The third-order valence-corrected chi connectivity index (χ3v) is 5.95. The van der Waals surface area contributed by atoms with Crippen LogP contribution in [0.25, 0.3) is 0 Å². The van der Waals surface area contributed by atoms with E-state index in [-0.39, 0.29) is 34.0 Å². The van der Waals surface area contributed by atoms with Crippen LogP contribution in [0.5, 0.6) is 0 Å². The highest BCUT2D eigenvalue weighted by molar-refractivity contribution is 6.31. The molecule has 0 radical (unpaired) electrons. The lowest BCUT2D eigenvalue weighted by molar-refractivity contribution is -0.119. The van der Waals surface area contributed by atoms with E-state index in [1.54, 1.807) is 6.07 Å². The van der Waals surface area contributed by atoms with Crippen LogP contribution in [-0.4, -0.2) is 16.9 Å². The molecule has 1 amide bonds. The fourth-order valence-electron chi connectivity index (χ4n) is 3.94. The number of carbonyl (C=O) groups excluding carboxylic acids is 1. The fraction of sp³-hybridized carbons (Fsp3) is 0.429. The molecule has 1 aromatic carbocycles. The number of hydrogen-bond acceptors (Lipinski definition) is 2. The van der Waals surface area contributed by atoms with Crippen molar-refractivity contribution in [1.29, 1.82) is 0 Å². The van der Waals surface area contributed by atoms with Crippen molar-refractivity contribution in [1.82, 2.24) is 10.3 Å². The minimum absolute atomic E-state index is 0.00454. The lowest BCUT2D eigenvalue weighted by Crippen LogP contribution is -2.28. The molecule has 4 rings (SSSR count). The third-order valence-electron chi connectivity index (χ3n) is 5.62. The first-order chi connectivity index (χ1) is 13.4. The minimum atomic E-state index is -2.65. The number of nitrogens with one attached hydrogen (secondary N) is 2. The first kappa shape index (κ1) is 19.1. The van der Waals surface area contributed by atoms with Crippen molar-refractivity contribution < 1.29 is 13.6 Å². The van der Waals surface area contributed by atoms with Crippen LogP contribution in [0.15, 0.2) is 35.1 Å². The average Bonchev–Trinajstić information content (AvgIpc) is 3.40. The van der Waals surface area contributed by atoms with E-state index in [9.17, 15) is 18.4 Å². The van der Waals surface area contributed by atoms with Crippen molar-refractivity contribution in [3.05, 3.63) is 68.1 Å². The fourth-order valence-corrected chi connectivity index (χ4v) is 4.21. The Morgan fingerprint density at radius 2 is 1.89 bits per heavy atom. The van der Waals surface area contributed by atoms with E-state index in [2.05, 4.69) is 10.3 Å². The van der Waals surface area contributed by atoms with Crippen LogP contribution in [0.2, 0.25) is 5.02 Å². The van der Waals surface area contributed by atoms with Crippen LogP contribution >= 0.6 is 11.6 Å². The van der Waals surface area contributed by atoms with E-state index in [1.807, 2.05) is 12.1 Å². The predicted octanol–water partition coefficient (Wildman–Crippen LogP) is 4.64. The van der Waals surface area contributed by atoms with Crippen LogP contribution in [-0.2, 0) is 4.79 Å². The Morgan fingerprint density at radius 3 is 2.46 bits per heavy atom. The molecule has 1 aliphatic carbocycles. The molecule has 2 heterocycles. The number of aromatic amines is 1. The second-order valence-electron chi connectivity index (χ2n) is 7.65. The molecule has 2 fully saturated rings. The van der Waals surface area contributed by atoms with Gasteiger partial charge in [-0.1, -0.05) is 29.8 Å². The third kappa shape index (κ3) is 3.97. The van der Waals surface area contributed by atoms with Gasteiger partial charge in [-0.3, -0.25) is 9.59 Å². The molecule has 1 aliphatic heterocycles. The normalized spacial score (nSPS) is 20.4. The summed E-state index contributed by atoms with van der Waals surface area (Å²) in [7, 11) is 0. The number of amides is 1. The van der Waals surface area contributed by atoms with Gasteiger partial charge in [0.15, 0.2) is 0 Å². The van der Waals surface area contributed by atoms with E-state index in [0.717, 1.165) is 24.0 Å². The highest BCUT2D eigenvalue weighted by Gasteiger charge is 2.29. The number of H-pyrrole nitrogens is 1. The molecule has 2 aliphatic rings. The predicted molar refractivity (Wildman–Crippen MR) is 103 cm³/mol. The van der Waals surface area contributed by atoms with E-state index in [4.69, 9.17) is 11.6 Å². The summed E-state index contributed by atoms with van der Waals surface area (Å²) in [6.45, 7) is 0. The molecule has 2 N–H and O–H groups in total. The molecule has 2 aromatic rings. The Balaban J connectivity index is 1.69. The maximum atomic E-state index is 13.1. The van der Waals surface area contributed by atoms with E-state index >= 15 is 0 Å². The highest BCUT2D eigenvalue weighted by Crippen LogP contribution is 2.39. The van der Waals surface area contributed by atoms with Gasteiger partial charge in [-0.15, -0.1) is 0 Å². The molecule has 1 unspecified atom stereocenters. The Bertz CT molecular complexity index is 956. The first-order valence-corrected chi connectivity index (χ1v) is 9.90. The summed E-state index contributed by atoms with van der Waals surface area (Å²) < 4.78 is 26.1. The molecular weight excluding hydrogens is 386 g/mol. The Morgan fingerprint density at radius 1 is 1.11 bits per heavy atom. The number of alkyl halides is 2. The number of carbonyl (C=O) groups is 1. The quantitative estimate of drug-likeness (QED) is 0.733. The van der Waals surface area contributed by atoms with Gasteiger partial charge in [-0.2, -0.15) is 0 Å². The van der Waals surface area contributed by atoms with Gasteiger partial charge in [-0.25, -0.2) is 8.78 Å². The van der Waals surface area contributed by atoms with Crippen molar-refractivity contribution in [2.75, 3.05) is 0 Å². The molecular formula is C21H21ClF2N2O2. The van der Waals surface area contributed by atoms with Crippen molar-refractivity contribution in [3.8, 4) is 0 Å². The van der Waals surface area contributed by atoms with Crippen LogP contribution in [0, 0.1) is 0 Å². The molecule has 2 atom stereocenters. The van der Waals surface area contributed by atoms with Gasteiger partial charge in [0.1, 0.15) is 0 Å². The van der Waals surface area contributed by atoms with Gasteiger partial charge in [-0.05, 0) is 49.3 Å². The molecule has 1 aromatic heterocycles. The smallest absolute Gasteiger partial charge is 0.265 e. The maximum absolute atomic E-state index is 13.1. The molecule has 0 spiro atoms. The lowest BCUT2D eigenvalue weighted by Gasteiger charge is -2.22. The Kier molecular flexibility index (Phi) is 5.23. The van der Waals surface area contributed by atoms with E-state index in [1.165, 1.54) is 12.1 Å². The number of pyridine rings is 1. The molecule has 28 heavy (non-hydrogen) atoms. The van der Waals surface area contributed by atoms with Crippen LogP contribution in [0.3, 0.4) is 0 Å². The van der Waals surface area contributed by atoms with Crippen LogP contribution in [0.4, 0.5) is 8.78 Å². The average molecular weight is 407 g/mol. The second kappa shape index (κ2) is 7.66. The van der Waals surface area contributed by atoms with Crippen molar-refractivity contribution in [2.45, 2.75) is 56.4 Å². The maximum Gasteiger partial charge on any atom is 0.265 e. The zero-order valence-corrected chi connectivity index (χ0v) is 15.9. The van der Waals surface area contributed by atoms with Crippen LogP contribution < -0.4 is 10.9 Å². The largest absolute Gasteiger partial charge is 0.353 e. The number of benzene rings is 1. The van der Waals surface area contributed by atoms with Gasteiger partial charge in [0, 0.05) is 40.2 Å². The van der Waals surface area contributed by atoms with Crippen molar-refractivity contribution in [2.24, 2.45) is 0 Å². The lowest BCUT2D eigenvalue weighted by atomic mass is 9.87. The Hall–Kier alpha value is -2.21. The molecule has 1 saturated heterocycles. The molecule has 0 bridgehead atoms. The minimum Gasteiger partial charge on any atom is -0.353 e. The Labute approximate surface area is 166 Å². The summed E-state index contributed by atoms with van der Waals surface area (Å²) in [5.41, 5.74) is 1.93. The van der Waals surface area contributed by atoms with Gasteiger partial charge in [0.25, 0.3) is 12.0 Å². The molecule has 1 saturated carbocycles. The highest BCUT2D eigenvalue weighted by atomic mass is 35.5. The van der Waals surface area contributed by atoms with E-state index in [0.29, 0.717) is 30.9 Å². The molecule has 148 valence electrons. The monoisotopic (exact) mass is 406 g/mol. The van der Waals surface area contributed by atoms with Gasteiger partial charge >= 0.3 is 0 Å². The topological polar surface area (TPSA) is 62.0 Å². The van der Waals surface area contributed by atoms with Gasteiger partial charge in [0.2, 0.25) is 5.91 Å². The number of hydrogen-bond donors (Lipinski definition) is 2. The summed E-state index contributed by atoms with van der Waals surface area (Å²) in [4.78, 5) is 27.1.